The van der Waals surface area contributed by atoms with Crippen LogP contribution in [0, 0.1) is 6.92 Å². The normalized spacial score (nSPS) is 10.7. The van der Waals surface area contributed by atoms with E-state index in [0.29, 0.717) is 6.54 Å². The lowest BCUT2D eigenvalue weighted by Crippen LogP contribution is -2.00. The van der Waals surface area contributed by atoms with Crippen LogP contribution in [0.5, 0.6) is 5.75 Å². The van der Waals surface area contributed by atoms with Gasteiger partial charge in [-0.2, -0.15) is 0 Å². The molecular formula is C16H16N2O2. The zero-order valence-electron chi connectivity index (χ0n) is 11.5. The van der Waals surface area contributed by atoms with Gasteiger partial charge in [-0.15, -0.1) is 0 Å². The summed E-state index contributed by atoms with van der Waals surface area (Å²) in [5.74, 6) is 1.62. The topological polar surface area (TPSA) is 47.3 Å². The molecule has 0 saturated heterocycles. The van der Waals surface area contributed by atoms with Crippen LogP contribution in [0.2, 0.25) is 0 Å². The molecule has 20 heavy (non-hydrogen) atoms. The average Bonchev–Trinajstić information content (AvgIpc) is 2.89. The summed E-state index contributed by atoms with van der Waals surface area (Å²) in [6.07, 6.45) is 3.60. The number of anilines is 1. The van der Waals surface area contributed by atoms with Crippen molar-refractivity contribution >= 4 is 16.7 Å². The van der Waals surface area contributed by atoms with Gasteiger partial charge in [0, 0.05) is 11.6 Å². The van der Waals surface area contributed by atoms with Gasteiger partial charge in [0.05, 0.1) is 25.5 Å². The monoisotopic (exact) mass is 268 g/mol. The summed E-state index contributed by atoms with van der Waals surface area (Å²) in [6, 6.07) is 9.87. The first-order valence-electron chi connectivity index (χ1n) is 6.48. The number of aromatic nitrogens is 1. The number of methoxy groups -OCH3 is 1. The summed E-state index contributed by atoms with van der Waals surface area (Å²) in [5.41, 5.74) is 2.96. The van der Waals surface area contributed by atoms with Crippen LogP contribution in [0.15, 0.2) is 47.1 Å². The SMILES string of the molecule is COc1cccc2cc(CNc3cnccc3C)oc12. The molecule has 0 bridgehead atoms. The predicted octanol–water partition coefficient (Wildman–Crippen LogP) is 3.76. The number of hydrogen-bond acceptors (Lipinski definition) is 4. The van der Waals surface area contributed by atoms with Gasteiger partial charge >= 0.3 is 0 Å². The lowest BCUT2D eigenvalue weighted by atomic mass is 10.2. The molecule has 0 atom stereocenters. The molecule has 3 aromatic rings. The van der Waals surface area contributed by atoms with E-state index in [-0.39, 0.29) is 0 Å². The minimum atomic E-state index is 0.615. The van der Waals surface area contributed by atoms with E-state index in [1.165, 1.54) is 0 Å². The zero-order chi connectivity index (χ0) is 13.9. The number of aryl methyl sites for hydroxylation is 1. The highest BCUT2D eigenvalue weighted by Crippen LogP contribution is 2.28. The van der Waals surface area contributed by atoms with Crippen LogP contribution < -0.4 is 10.1 Å². The molecular weight excluding hydrogens is 252 g/mol. The smallest absolute Gasteiger partial charge is 0.176 e. The fraction of sp³-hybridized carbons (Fsp3) is 0.188. The first-order valence-corrected chi connectivity index (χ1v) is 6.48. The first-order chi connectivity index (χ1) is 9.78. The van der Waals surface area contributed by atoms with Crippen LogP contribution in [0.25, 0.3) is 11.0 Å². The van der Waals surface area contributed by atoms with Crippen LogP contribution >= 0.6 is 0 Å². The largest absolute Gasteiger partial charge is 0.493 e. The molecule has 0 aliphatic rings. The van der Waals surface area contributed by atoms with Crippen molar-refractivity contribution in [2.24, 2.45) is 0 Å². The molecule has 0 amide bonds. The Morgan fingerprint density at radius 1 is 1.30 bits per heavy atom. The second-order valence-electron chi connectivity index (χ2n) is 4.64. The Bertz CT molecular complexity index is 734. The van der Waals surface area contributed by atoms with Crippen molar-refractivity contribution in [1.82, 2.24) is 4.98 Å². The zero-order valence-corrected chi connectivity index (χ0v) is 11.5. The first kappa shape index (κ1) is 12.5. The maximum atomic E-state index is 5.84. The van der Waals surface area contributed by atoms with Crippen molar-refractivity contribution in [3.63, 3.8) is 0 Å². The second kappa shape index (κ2) is 5.25. The van der Waals surface area contributed by atoms with Crippen LogP contribution in [-0.2, 0) is 6.54 Å². The van der Waals surface area contributed by atoms with E-state index in [0.717, 1.165) is 33.7 Å². The lowest BCUT2D eigenvalue weighted by molar-refractivity contribution is 0.408. The molecule has 3 rings (SSSR count). The number of rotatable bonds is 4. The maximum absolute atomic E-state index is 5.84. The predicted molar refractivity (Wildman–Crippen MR) is 79.1 cm³/mol. The van der Waals surface area contributed by atoms with Crippen molar-refractivity contribution in [2.45, 2.75) is 13.5 Å². The Morgan fingerprint density at radius 3 is 3.00 bits per heavy atom. The number of benzene rings is 1. The quantitative estimate of drug-likeness (QED) is 0.782. The third kappa shape index (κ3) is 2.32. The number of nitrogens with zero attached hydrogens (tertiary/aromatic N) is 1. The van der Waals surface area contributed by atoms with Crippen molar-refractivity contribution in [3.05, 3.63) is 54.0 Å². The molecule has 102 valence electrons. The summed E-state index contributed by atoms with van der Waals surface area (Å²) < 4.78 is 11.1. The Labute approximate surface area is 117 Å². The van der Waals surface area contributed by atoms with Gasteiger partial charge in [-0.25, -0.2) is 0 Å². The standard InChI is InChI=1S/C16H16N2O2/c1-11-6-7-17-10-14(11)18-9-13-8-12-4-3-5-15(19-2)16(12)20-13/h3-8,10,18H,9H2,1-2H3. The summed E-state index contributed by atoms with van der Waals surface area (Å²) in [4.78, 5) is 4.11. The molecule has 0 aliphatic heterocycles. The number of fused-ring (bicyclic) bond motifs is 1. The Balaban J connectivity index is 1.83. The lowest BCUT2D eigenvalue weighted by Gasteiger charge is -2.06. The summed E-state index contributed by atoms with van der Waals surface area (Å²) in [6.45, 7) is 2.66. The van der Waals surface area contributed by atoms with Gasteiger partial charge in [0.25, 0.3) is 0 Å². The highest BCUT2D eigenvalue weighted by molar-refractivity contribution is 5.83. The van der Waals surface area contributed by atoms with Gasteiger partial charge in [0.15, 0.2) is 11.3 Å². The summed E-state index contributed by atoms with van der Waals surface area (Å²) in [7, 11) is 1.65. The Hall–Kier alpha value is -2.49. The molecule has 0 fully saturated rings. The van der Waals surface area contributed by atoms with Gasteiger partial charge in [-0.1, -0.05) is 12.1 Å². The summed E-state index contributed by atoms with van der Waals surface area (Å²) in [5, 5.41) is 4.38. The molecule has 1 aromatic carbocycles. The molecule has 4 nitrogen and oxygen atoms in total. The van der Waals surface area contributed by atoms with Crippen molar-refractivity contribution in [1.29, 1.82) is 0 Å². The number of ether oxygens (including phenoxy) is 1. The molecule has 2 heterocycles. The van der Waals surface area contributed by atoms with Gasteiger partial charge in [0.2, 0.25) is 0 Å². The molecule has 0 saturated carbocycles. The Kier molecular flexibility index (Phi) is 3.29. The third-order valence-electron chi connectivity index (χ3n) is 3.27. The van der Waals surface area contributed by atoms with E-state index in [4.69, 9.17) is 9.15 Å². The third-order valence-corrected chi connectivity index (χ3v) is 3.27. The summed E-state index contributed by atoms with van der Waals surface area (Å²) >= 11 is 0. The van der Waals surface area contributed by atoms with Crippen LogP contribution in [0.4, 0.5) is 5.69 Å². The molecule has 1 N–H and O–H groups in total. The highest BCUT2D eigenvalue weighted by Gasteiger charge is 2.08. The van der Waals surface area contributed by atoms with Gasteiger partial charge in [-0.05, 0) is 30.7 Å². The van der Waals surface area contributed by atoms with Crippen LogP contribution in [0.3, 0.4) is 0 Å². The number of nitrogens with one attached hydrogen (secondary N) is 1. The van der Waals surface area contributed by atoms with E-state index in [2.05, 4.69) is 10.3 Å². The minimum Gasteiger partial charge on any atom is -0.493 e. The van der Waals surface area contributed by atoms with Crippen molar-refractivity contribution < 1.29 is 9.15 Å². The van der Waals surface area contributed by atoms with Crippen molar-refractivity contribution in [3.8, 4) is 5.75 Å². The second-order valence-corrected chi connectivity index (χ2v) is 4.64. The van der Waals surface area contributed by atoms with Gasteiger partial charge < -0.3 is 14.5 Å². The maximum Gasteiger partial charge on any atom is 0.176 e. The van der Waals surface area contributed by atoms with Crippen LogP contribution in [-0.4, -0.2) is 12.1 Å². The van der Waals surface area contributed by atoms with E-state index >= 15 is 0 Å². The highest BCUT2D eigenvalue weighted by atomic mass is 16.5. The molecule has 0 radical (unpaired) electrons. The number of para-hydroxylation sites is 1. The van der Waals surface area contributed by atoms with Crippen molar-refractivity contribution in [2.75, 3.05) is 12.4 Å². The molecule has 0 unspecified atom stereocenters. The fourth-order valence-electron chi connectivity index (χ4n) is 2.17. The van der Waals surface area contributed by atoms with Crippen LogP contribution in [0.1, 0.15) is 11.3 Å². The average molecular weight is 268 g/mol. The van der Waals surface area contributed by atoms with Gasteiger partial charge in [-0.3, -0.25) is 4.98 Å². The number of furan rings is 1. The van der Waals surface area contributed by atoms with E-state index in [1.54, 1.807) is 13.3 Å². The molecule has 0 aliphatic carbocycles. The van der Waals surface area contributed by atoms with E-state index in [9.17, 15) is 0 Å². The Morgan fingerprint density at radius 2 is 2.20 bits per heavy atom. The molecule has 2 aromatic heterocycles. The van der Waals surface area contributed by atoms with Gasteiger partial charge in [0.1, 0.15) is 5.76 Å². The van der Waals surface area contributed by atoms with E-state index < -0.39 is 0 Å². The number of hydrogen-bond donors (Lipinski definition) is 1. The molecule has 0 spiro atoms. The van der Waals surface area contributed by atoms with E-state index in [1.807, 2.05) is 43.5 Å². The molecule has 4 heteroatoms. The minimum absolute atomic E-state index is 0.615. The fourth-order valence-corrected chi connectivity index (χ4v) is 2.17. The number of pyridine rings is 1.